The van der Waals surface area contributed by atoms with Crippen LogP contribution < -0.4 is 0 Å². The fourth-order valence-corrected chi connectivity index (χ4v) is 2.14. The molecular weight excluding hydrogens is 192 g/mol. The van der Waals surface area contributed by atoms with Crippen LogP contribution in [0.1, 0.15) is 67.7 Å². The van der Waals surface area contributed by atoms with E-state index in [1.807, 2.05) is 0 Å². The van der Waals surface area contributed by atoms with Gasteiger partial charge in [-0.25, -0.2) is 0 Å². The van der Waals surface area contributed by atoms with E-state index < -0.39 is 0 Å². The van der Waals surface area contributed by atoms with Crippen molar-refractivity contribution in [1.82, 2.24) is 0 Å². The topological polar surface area (TPSA) is 0 Å². The van der Waals surface area contributed by atoms with E-state index in [-0.39, 0.29) is 0 Å². The predicted octanol–water partition coefficient (Wildman–Crippen LogP) is 5.75. The number of hydrogen-bond acceptors (Lipinski definition) is 0. The first-order valence-corrected chi connectivity index (χ1v) is 6.52. The number of rotatable bonds is 6. The van der Waals surface area contributed by atoms with E-state index in [0.717, 1.165) is 5.92 Å². The molecule has 0 aromatic carbocycles. The molecule has 94 valence electrons. The Morgan fingerprint density at radius 3 is 1.56 bits per heavy atom. The molecule has 0 nitrogen and oxygen atoms in total. The highest BCUT2D eigenvalue weighted by atomic mass is 14.3. The summed E-state index contributed by atoms with van der Waals surface area (Å²) in [5.74, 6) is 0.779. The van der Waals surface area contributed by atoms with Gasteiger partial charge in [0.1, 0.15) is 0 Å². The molecule has 0 aliphatic rings. The summed E-state index contributed by atoms with van der Waals surface area (Å²) < 4.78 is 0. The van der Waals surface area contributed by atoms with Crippen molar-refractivity contribution in [3.8, 4) is 0 Å². The fourth-order valence-electron chi connectivity index (χ4n) is 2.14. The Kier molecular flexibility index (Phi) is 6.71. The van der Waals surface area contributed by atoms with Gasteiger partial charge in [0, 0.05) is 0 Å². The van der Waals surface area contributed by atoms with Crippen molar-refractivity contribution in [2.75, 3.05) is 0 Å². The Bertz CT molecular complexity index is 225. The van der Waals surface area contributed by atoms with Crippen molar-refractivity contribution >= 4 is 0 Å². The second-order valence-corrected chi connectivity index (χ2v) is 6.38. The van der Waals surface area contributed by atoms with Crippen LogP contribution in [0.3, 0.4) is 0 Å². The van der Waals surface area contributed by atoms with Crippen molar-refractivity contribution < 1.29 is 0 Å². The largest absolute Gasteiger partial charge is 0.0853 e. The molecule has 0 saturated carbocycles. The zero-order chi connectivity index (χ0) is 12.8. The van der Waals surface area contributed by atoms with Crippen LogP contribution in [0.5, 0.6) is 0 Å². The van der Waals surface area contributed by atoms with Gasteiger partial charge >= 0.3 is 0 Å². The maximum Gasteiger partial charge on any atom is -0.0254 e. The van der Waals surface area contributed by atoms with E-state index >= 15 is 0 Å². The summed E-state index contributed by atoms with van der Waals surface area (Å²) in [4.78, 5) is 0. The zero-order valence-electron chi connectivity index (χ0n) is 12.4. The molecule has 0 heteroatoms. The molecule has 0 radical (unpaired) electrons. The lowest BCUT2D eigenvalue weighted by Gasteiger charge is -2.29. The maximum absolute atomic E-state index is 2.42. The van der Waals surface area contributed by atoms with Crippen molar-refractivity contribution in [3.05, 3.63) is 23.3 Å². The third-order valence-corrected chi connectivity index (χ3v) is 2.91. The maximum atomic E-state index is 2.42. The molecule has 0 aliphatic carbocycles. The molecule has 0 rings (SSSR count). The van der Waals surface area contributed by atoms with E-state index in [9.17, 15) is 0 Å². The molecule has 0 heterocycles. The molecule has 0 atom stereocenters. The van der Waals surface area contributed by atoms with Gasteiger partial charge in [-0.1, -0.05) is 44.1 Å². The lowest BCUT2D eigenvalue weighted by atomic mass is 9.76. The van der Waals surface area contributed by atoms with Gasteiger partial charge in [-0.05, 0) is 58.3 Å². The minimum atomic E-state index is 0.433. The van der Waals surface area contributed by atoms with Crippen molar-refractivity contribution in [2.45, 2.75) is 67.7 Å². The van der Waals surface area contributed by atoms with E-state index in [1.165, 1.54) is 30.4 Å². The molecule has 0 amide bonds. The molecule has 0 saturated heterocycles. The van der Waals surface area contributed by atoms with Crippen LogP contribution in [-0.4, -0.2) is 0 Å². The Hall–Kier alpha value is -0.520. The monoisotopic (exact) mass is 222 g/mol. The van der Waals surface area contributed by atoms with Crippen LogP contribution in [0.2, 0.25) is 0 Å². The van der Waals surface area contributed by atoms with Crippen molar-refractivity contribution in [2.24, 2.45) is 11.3 Å². The second kappa shape index (κ2) is 6.93. The standard InChI is InChI=1S/C16H30/c1-13(2)8-10-16(7,12-15(5)6)11-9-14(3)4/h8-9,15H,10-12H2,1-7H3. The average Bonchev–Trinajstić information content (AvgIpc) is 2.11. The zero-order valence-corrected chi connectivity index (χ0v) is 12.4. The second-order valence-electron chi connectivity index (χ2n) is 6.38. The average molecular weight is 222 g/mol. The Morgan fingerprint density at radius 1 is 0.938 bits per heavy atom. The van der Waals surface area contributed by atoms with E-state index in [0.29, 0.717) is 5.41 Å². The van der Waals surface area contributed by atoms with Gasteiger partial charge in [0.25, 0.3) is 0 Å². The summed E-state index contributed by atoms with van der Waals surface area (Å²) in [6, 6.07) is 0. The normalized spacial score (nSPS) is 11.5. The SMILES string of the molecule is CC(C)=CCC(C)(CC=C(C)C)CC(C)C. The summed E-state index contributed by atoms with van der Waals surface area (Å²) in [6.07, 6.45) is 8.50. The van der Waals surface area contributed by atoms with Crippen molar-refractivity contribution in [1.29, 1.82) is 0 Å². The molecule has 0 fully saturated rings. The molecule has 0 N–H and O–H groups in total. The molecule has 0 spiro atoms. The summed E-state index contributed by atoms with van der Waals surface area (Å²) in [6.45, 7) is 15.8. The minimum absolute atomic E-state index is 0.433. The van der Waals surface area contributed by atoms with Gasteiger partial charge in [0.2, 0.25) is 0 Å². The third kappa shape index (κ3) is 7.73. The molecule has 16 heavy (non-hydrogen) atoms. The van der Waals surface area contributed by atoms with Crippen molar-refractivity contribution in [3.63, 3.8) is 0 Å². The van der Waals surface area contributed by atoms with E-state index in [2.05, 4.69) is 60.6 Å². The predicted molar refractivity (Wildman–Crippen MR) is 75.7 cm³/mol. The molecule has 0 unspecified atom stereocenters. The Balaban J connectivity index is 4.60. The van der Waals surface area contributed by atoms with Crippen LogP contribution >= 0.6 is 0 Å². The lowest BCUT2D eigenvalue weighted by Crippen LogP contribution is -2.17. The quantitative estimate of drug-likeness (QED) is 0.502. The summed E-state index contributed by atoms with van der Waals surface area (Å²) in [5, 5.41) is 0. The van der Waals surface area contributed by atoms with Gasteiger partial charge < -0.3 is 0 Å². The first kappa shape index (κ1) is 15.5. The van der Waals surface area contributed by atoms with Crippen LogP contribution in [0.4, 0.5) is 0 Å². The Morgan fingerprint density at radius 2 is 1.31 bits per heavy atom. The summed E-state index contributed by atoms with van der Waals surface area (Å²) in [7, 11) is 0. The van der Waals surface area contributed by atoms with Gasteiger partial charge in [-0.3, -0.25) is 0 Å². The first-order valence-electron chi connectivity index (χ1n) is 6.52. The number of allylic oxidation sites excluding steroid dienone is 4. The van der Waals surface area contributed by atoms with E-state index in [4.69, 9.17) is 0 Å². The molecular formula is C16H30. The van der Waals surface area contributed by atoms with Crippen LogP contribution in [0, 0.1) is 11.3 Å². The fraction of sp³-hybridized carbons (Fsp3) is 0.750. The lowest BCUT2D eigenvalue weighted by molar-refractivity contribution is 0.261. The summed E-state index contributed by atoms with van der Waals surface area (Å²) >= 11 is 0. The molecule has 0 aromatic heterocycles. The minimum Gasteiger partial charge on any atom is -0.0853 e. The molecule has 0 bridgehead atoms. The van der Waals surface area contributed by atoms with Gasteiger partial charge in [0.15, 0.2) is 0 Å². The van der Waals surface area contributed by atoms with Crippen LogP contribution in [0.25, 0.3) is 0 Å². The van der Waals surface area contributed by atoms with Gasteiger partial charge in [-0.2, -0.15) is 0 Å². The van der Waals surface area contributed by atoms with E-state index in [1.54, 1.807) is 0 Å². The van der Waals surface area contributed by atoms with Gasteiger partial charge in [0.05, 0.1) is 0 Å². The smallest absolute Gasteiger partial charge is 0.0254 e. The number of hydrogen-bond donors (Lipinski definition) is 0. The van der Waals surface area contributed by atoms with Gasteiger partial charge in [-0.15, -0.1) is 0 Å². The third-order valence-electron chi connectivity index (χ3n) is 2.91. The highest BCUT2D eigenvalue weighted by Gasteiger charge is 2.22. The highest BCUT2D eigenvalue weighted by molar-refractivity contribution is 5.01. The summed E-state index contributed by atoms with van der Waals surface area (Å²) in [5.41, 5.74) is 3.31. The highest BCUT2D eigenvalue weighted by Crippen LogP contribution is 2.35. The molecule has 0 aliphatic heterocycles. The Labute approximate surface area is 103 Å². The van der Waals surface area contributed by atoms with Crippen LogP contribution in [-0.2, 0) is 0 Å². The first-order chi connectivity index (χ1) is 7.25. The molecule has 0 aromatic rings. The van der Waals surface area contributed by atoms with Crippen LogP contribution in [0.15, 0.2) is 23.3 Å².